The van der Waals surface area contributed by atoms with Gasteiger partial charge in [0.1, 0.15) is 6.04 Å². The Morgan fingerprint density at radius 1 is 1.50 bits per heavy atom. The van der Waals surface area contributed by atoms with Crippen molar-refractivity contribution in [2.45, 2.75) is 38.8 Å². The van der Waals surface area contributed by atoms with Gasteiger partial charge >= 0.3 is 5.97 Å². The lowest BCUT2D eigenvalue weighted by Crippen LogP contribution is -2.51. The first-order chi connectivity index (χ1) is 8.58. The van der Waals surface area contributed by atoms with Crippen molar-refractivity contribution in [3.8, 4) is 12.3 Å². The summed E-state index contributed by atoms with van der Waals surface area (Å²) in [5.74, 6) is 2.74. The van der Waals surface area contributed by atoms with E-state index in [0.29, 0.717) is 6.04 Å². The summed E-state index contributed by atoms with van der Waals surface area (Å²) in [5.41, 5.74) is 0. The minimum atomic E-state index is -0.209. The van der Waals surface area contributed by atoms with Crippen LogP contribution in [0.15, 0.2) is 0 Å². The fraction of sp³-hybridized carbons (Fsp3) is 0.786. The van der Waals surface area contributed by atoms with Crippen LogP contribution in [0.3, 0.4) is 0 Å². The molecule has 1 N–H and O–H groups in total. The predicted octanol–water partition coefficient (Wildman–Crippen LogP) is 0.871. The number of rotatable bonds is 5. The summed E-state index contributed by atoms with van der Waals surface area (Å²) in [5, 5.41) is 3.42. The highest BCUT2D eigenvalue weighted by Crippen LogP contribution is 2.13. The molecule has 1 fully saturated rings. The van der Waals surface area contributed by atoms with Gasteiger partial charge in [-0.05, 0) is 18.8 Å². The van der Waals surface area contributed by atoms with E-state index < -0.39 is 0 Å². The molecule has 102 valence electrons. The van der Waals surface area contributed by atoms with Crippen LogP contribution in [0.2, 0.25) is 0 Å². The number of carbonyl (C=O) groups excluding carboxylic acids is 1. The smallest absolute Gasteiger partial charge is 0.323 e. The van der Waals surface area contributed by atoms with Crippen LogP contribution in [0.4, 0.5) is 0 Å². The van der Waals surface area contributed by atoms with Gasteiger partial charge < -0.3 is 10.1 Å². The lowest BCUT2D eigenvalue weighted by molar-refractivity contribution is -0.144. The molecule has 1 unspecified atom stereocenters. The Hall–Kier alpha value is -1.05. The van der Waals surface area contributed by atoms with E-state index in [1.54, 1.807) is 0 Å². The second-order valence-electron chi connectivity index (χ2n) is 5.17. The number of nitrogens with one attached hydrogen (secondary N) is 1. The SMILES string of the molecule is C#CCN1CCC(NC(C(=O)OC)C(C)C)CC1. The summed E-state index contributed by atoms with van der Waals surface area (Å²) in [6.45, 7) is 6.77. The number of likely N-dealkylation sites (tertiary alicyclic amines) is 1. The number of ether oxygens (including phenoxy) is 1. The molecule has 0 aromatic carbocycles. The van der Waals surface area contributed by atoms with E-state index in [1.807, 2.05) is 13.8 Å². The van der Waals surface area contributed by atoms with Gasteiger partial charge in [0.05, 0.1) is 13.7 Å². The van der Waals surface area contributed by atoms with E-state index in [1.165, 1.54) is 7.11 Å². The number of carbonyl (C=O) groups is 1. The molecule has 0 bridgehead atoms. The zero-order valence-electron chi connectivity index (χ0n) is 11.6. The molecule has 1 saturated heterocycles. The monoisotopic (exact) mass is 252 g/mol. The summed E-state index contributed by atoms with van der Waals surface area (Å²) in [7, 11) is 1.44. The molecule has 4 heteroatoms. The maximum absolute atomic E-state index is 11.7. The molecule has 0 radical (unpaired) electrons. The zero-order chi connectivity index (χ0) is 13.5. The van der Waals surface area contributed by atoms with Gasteiger partial charge in [-0.25, -0.2) is 0 Å². The maximum atomic E-state index is 11.7. The molecule has 18 heavy (non-hydrogen) atoms. The molecule has 1 atom stereocenters. The third-order valence-corrected chi connectivity index (χ3v) is 3.44. The maximum Gasteiger partial charge on any atom is 0.323 e. The van der Waals surface area contributed by atoms with Crippen LogP contribution in [0.25, 0.3) is 0 Å². The van der Waals surface area contributed by atoms with Gasteiger partial charge in [0.15, 0.2) is 0 Å². The van der Waals surface area contributed by atoms with E-state index in [-0.39, 0.29) is 17.9 Å². The van der Waals surface area contributed by atoms with Crippen molar-refractivity contribution in [3.05, 3.63) is 0 Å². The second kappa shape index (κ2) is 7.40. The van der Waals surface area contributed by atoms with Crippen molar-refractivity contribution in [2.24, 2.45) is 5.92 Å². The Bertz CT molecular complexity index is 301. The van der Waals surface area contributed by atoms with Gasteiger partial charge in [-0.2, -0.15) is 0 Å². The second-order valence-corrected chi connectivity index (χ2v) is 5.17. The van der Waals surface area contributed by atoms with Crippen molar-refractivity contribution < 1.29 is 9.53 Å². The van der Waals surface area contributed by atoms with Gasteiger partial charge in [0.2, 0.25) is 0 Å². The van der Waals surface area contributed by atoms with Crippen LogP contribution < -0.4 is 5.32 Å². The fourth-order valence-corrected chi connectivity index (χ4v) is 2.30. The minimum Gasteiger partial charge on any atom is -0.468 e. The van der Waals surface area contributed by atoms with E-state index in [9.17, 15) is 4.79 Å². The number of hydrogen-bond donors (Lipinski definition) is 1. The number of hydrogen-bond acceptors (Lipinski definition) is 4. The molecule has 1 rings (SSSR count). The predicted molar refractivity (Wildman–Crippen MR) is 72.1 cm³/mol. The Morgan fingerprint density at radius 3 is 2.56 bits per heavy atom. The van der Waals surface area contributed by atoms with Crippen molar-refractivity contribution in [2.75, 3.05) is 26.7 Å². The number of piperidine rings is 1. The Balaban J connectivity index is 2.43. The molecule has 4 nitrogen and oxygen atoms in total. The van der Waals surface area contributed by atoms with Gasteiger partial charge in [0.25, 0.3) is 0 Å². The molecule has 0 aliphatic carbocycles. The standard InChI is InChI=1S/C14H24N2O2/c1-5-8-16-9-6-12(7-10-16)15-13(11(2)3)14(17)18-4/h1,11-13,15H,6-10H2,2-4H3. The molecule has 1 heterocycles. The van der Waals surface area contributed by atoms with Crippen LogP contribution in [-0.2, 0) is 9.53 Å². The molecular weight excluding hydrogens is 228 g/mol. The van der Waals surface area contributed by atoms with Gasteiger partial charge in [-0.3, -0.25) is 9.69 Å². The molecule has 0 saturated carbocycles. The average Bonchev–Trinajstić information content (AvgIpc) is 2.37. The highest BCUT2D eigenvalue weighted by atomic mass is 16.5. The first-order valence-corrected chi connectivity index (χ1v) is 6.58. The van der Waals surface area contributed by atoms with E-state index in [4.69, 9.17) is 11.2 Å². The van der Waals surface area contributed by atoms with Crippen LogP contribution in [0.5, 0.6) is 0 Å². The van der Waals surface area contributed by atoms with Crippen molar-refractivity contribution in [1.29, 1.82) is 0 Å². The van der Waals surface area contributed by atoms with Crippen LogP contribution >= 0.6 is 0 Å². The average molecular weight is 252 g/mol. The molecule has 1 aliphatic heterocycles. The third kappa shape index (κ3) is 4.32. The van der Waals surface area contributed by atoms with Crippen molar-refractivity contribution >= 4 is 5.97 Å². The highest BCUT2D eigenvalue weighted by Gasteiger charge is 2.27. The summed E-state index contributed by atoms with van der Waals surface area (Å²) in [6, 6.07) is 0.171. The highest BCUT2D eigenvalue weighted by molar-refractivity contribution is 5.75. The Kier molecular flexibility index (Phi) is 6.17. The molecular formula is C14H24N2O2. The molecule has 0 spiro atoms. The number of terminal acetylenes is 1. The van der Waals surface area contributed by atoms with Crippen molar-refractivity contribution in [3.63, 3.8) is 0 Å². The van der Waals surface area contributed by atoms with Gasteiger partial charge in [-0.1, -0.05) is 19.8 Å². The van der Waals surface area contributed by atoms with E-state index in [0.717, 1.165) is 32.5 Å². The largest absolute Gasteiger partial charge is 0.468 e. The Labute approximate surface area is 110 Å². The number of esters is 1. The molecule has 0 aromatic rings. The first-order valence-electron chi connectivity index (χ1n) is 6.58. The normalized spacial score (nSPS) is 19.5. The van der Waals surface area contributed by atoms with E-state index >= 15 is 0 Å². The number of methoxy groups -OCH3 is 1. The van der Waals surface area contributed by atoms with Crippen molar-refractivity contribution in [1.82, 2.24) is 10.2 Å². The van der Waals surface area contributed by atoms with Gasteiger partial charge in [-0.15, -0.1) is 6.42 Å². The summed E-state index contributed by atoms with van der Waals surface area (Å²) < 4.78 is 4.84. The minimum absolute atomic E-state index is 0.170. The topological polar surface area (TPSA) is 41.6 Å². The summed E-state index contributed by atoms with van der Waals surface area (Å²) >= 11 is 0. The van der Waals surface area contributed by atoms with E-state index in [2.05, 4.69) is 16.1 Å². The first kappa shape index (κ1) is 15.0. The fourth-order valence-electron chi connectivity index (χ4n) is 2.30. The third-order valence-electron chi connectivity index (χ3n) is 3.44. The quantitative estimate of drug-likeness (QED) is 0.582. The summed E-state index contributed by atoms with van der Waals surface area (Å²) in [4.78, 5) is 13.9. The molecule has 0 amide bonds. The lowest BCUT2D eigenvalue weighted by Gasteiger charge is -2.33. The number of nitrogens with zero attached hydrogens (tertiary/aromatic N) is 1. The molecule has 0 aromatic heterocycles. The summed E-state index contributed by atoms with van der Waals surface area (Å²) in [6.07, 6.45) is 7.36. The Morgan fingerprint density at radius 2 is 2.11 bits per heavy atom. The molecule has 1 aliphatic rings. The van der Waals surface area contributed by atoms with Crippen LogP contribution in [-0.4, -0.2) is 49.7 Å². The van der Waals surface area contributed by atoms with Gasteiger partial charge in [0, 0.05) is 19.1 Å². The van der Waals surface area contributed by atoms with Crippen LogP contribution in [0, 0.1) is 18.3 Å². The van der Waals surface area contributed by atoms with Crippen LogP contribution in [0.1, 0.15) is 26.7 Å². The lowest BCUT2D eigenvalue weighted by atomic mass is 9.99. The zero-order valence-corrected chi connectivity index (χ0v) is 11.6.